The van der Waals surface area contributed by atoms with E-state index in [1.54, 1.807) is 0 Å². The third-order valence-corrected chi connectivity index (χ3v) is 4.52. The van der Waals surface area contributed by atoms with Crippen LogP contribution in [0, 0.1) is 18.3 Å². The quantitative estimate of drug-likeness (QED) is 0.815. The summed E-state index contributed by atoms with van der Waals surface area (Å²) in [5.41, 5.74) is 3.67. The Morgan fingerprint density at radius 2 is 2.19 bits per heavy atom. The number of rotatable bonds is 3. The largest absolute Gasteiger partial charge is 0.471 e. The van der Waals surface area contributed by atoms with E-state index in [9.17, 15) is 5.26 Å². The van der Waals surface area contributed by atoms with Gasteiger partial charge in [0.05, 0.1) is 10.6 Å². The zero-order valence-electron chi connectivity index (χ0n) is 11.9. The summed E-state index contributed by atoms with van der Waals surface area (Å²) in [6, 6.07) is 4.14. The number of hydrogen-bond donors (Lipinski definition) is 0. The Balaban J connectivity index is 1.85. The van der Waals surface area contributed by atoms with Crippen LogP contribution < -0.4 is 4.74 Å². The predicted octanol–water partition coefficient (Wildman–Crippen LogP) is 2.96. The average Bonchev–Trinajstić information content (AvgIpc) is 2.77. The van der Waals surface area contributed by atoms with E-state index in [4.69, 9.17) is 4.74 Å². The minimum Gasteiger partial charge on any atom is -0.471 e. The van der Waals surface area contributed by atoms with Gasteiger partial charge in [-0.15, -0.1) is 5.10 Å². The molecule has 2 heterocycles. The van der Waals surface area contributed by atoms with Crippen molar-refractivity contribution in [1.29, 1.82) is 5.26 Å². The lowest BCUT2D eigenvalue weighted by molar-refractivity contribution is 0.294. The van der Waals surface area contributed by atoms with E-state index in [0.717, 1.165) is 35.5 Å². The third kappa shape index (κ3) is 3.03. The van der Waals surface area contributed by atoms with Crippen LogP contribution in [0.15, 0.2) is 6.07 Å². The molecule has 0 radical (unpaired) electrons. The maximum Gasteiger partial charge on any atom is 0.232 e. The molecule has 108 valence electrons. The average molecular weight is 300 g/mol. The van der Waals surface area contributed by atoms with E-state index in [0.29, 0.717) is 18.1 Å². The van der Waals surface area contributed by atoms with Crippen LogP contribution in [0.1, 0.15) is 46.7 Å². The van der Waals surface area contributed by atoms with E-state index in [1.807, 2.05) is 13.0 Å². The fourth-order valence-electron chi connectivity index (χ4n) is 2.50. The molecule has 0 aromatic carbocycles. The highest BCUT2D eigenvalue weighted by Gasteiger charge is 2.16. The van der Waals surface area contributed by atoms with Crippen LogP contribution in [0.2, 0.25) is 0 Å². The molecule has 0 amide bonds. The molecule has 0 atom stereocenters. The van der Waals surface area contributed by atoms with Crippen molar-refractivity contribution < 1.29 is 4.74 Å². The van der Waals surface area contributed by atoms with E-state index < -0.39 is 0 Å². The van der Waals surface area contributed by atoms with Crippen molar-refractivity contribution >= 4 is 11.5 Å². The fourth-order valence-corrected chi connectivity index (χ4v) is 3.05. The topological polar surface area (TPSA) is 71.7 Å². The van der Waals surface area contributed by atoms with Crippen molar-refractivity contribution in [2.75, 3.05) is 0 Å². The first-order valence-corrected chi connectivity index (χ1v) is 7.89. The van der Waals surface area contributed by atoms with Crippen molar-refractivity contribution in [1.82, 2.24) is 14.6 Å². The SMILES string of the molecule is Cc1nnsc1COc1nc2c(cc1C#N)CCCCC2. The van der Waals surface area contributed by atoms with E-state index in [2.05, 4.69) is 20.6 Å². The Bertz CT molecular complexity index is 689. The minimum absolute atomic E-state index is 0.365. The summed E-state index contributed by atoms with van der Waals surface area (Å²) >= 11 is 1.32. The molecule has 0 spiro atoms. The normalized spacial score (nSPS) is 14.1. The van der Waals surface area contributed by atoms with Gasteiger partial charge in [-0.25, -0.2) is 4.98 Å². The first-order valence-electron chi connectivity index (χ1n) is 7.11. The predicted molar refractivity (Wildman–Crippen MR) is 79.2 cm³/mol. The minimum atomic E-state index is 0.365. The molecule has 6 heteroatoms. The van der Waals surface area contributed by atoms with Crippen LogP contribution in [0.5, 0.6) is 5.88 Å². The molecule has 2 aromatic heterocycles. The zero-order valence-corrected chi connectivity index (χ0v) is 12.7. The Kier molecular flexibility index (Phi) is 4.11. The van der Waals surface area contributed by atoms with Crippen molar-refractivity contribution in [3.05, 3.63) is 33.5 Å². The lowest BCUT2D eigenvalue weighted by Gasteiger charge is -2.10. The summed E-state index contributed by atoms with van der Waals surface area (Å²) < 4.78 is 9.64. The van der Waals surface area contributed by atoms with Gasteiger partial charge in [0, 0.05) is 5.69 Å². The monoisotopic (exact) mass is 300 g/mol. The Morgan fingerprint density at radius 1 is 1.33 bits per heavy atom. The highest BCUT2D eigenvalue weighted by atomic mass is 32.1. The number of hydrogen-bond acceptors (Lipinski definition) is 6. The molecule has 0 fully saturated rings. The number of pyridine rings is 1. The Morgan fingerprint density at radius 3 is 2.95 bits per heavy atom. The molecule has 0 N–H and O–H groups in total. The van der Waals surface area contributed by atoms with E-state index in [-0.39, 0.29) is 0 Å². The molecule has 3 rings (SSSR count). The molecule has 21 heavy (non-hydrogen) atoms. The first-order chi connectivity index (χ1) is 10.3. The van der Waals surface area contributed by atoms with Gasteiger partial charge in [0.1, 0.15) is 18.2 Å². The highest BCUT2D eigenvalue weighted by molar-refractivity contribution is 7.05. The molecule has 1 aliphatic carbocycles. The smallest absolute Gasteiger partial charge is 0.232 e. The van der Waals surface area contributed by atoms with Crippen molar-refractivity contribution in [3.63, 3.8) is 0 Å². The second-order valence-electron chi connectivity index (χ2n) is 5.19. The van der Waals surface area contributed by atoms with Crippen LogP contribution in [0.25, 0.3) is 0 Å². The fraction of sp³-hybridized carbons (Fsp3) is 0.467. The van der Waals surface area contributed by atoms with Gasteiger partial charge >= 0.3 is 0 Å². The molecule has 1 aliphatic rings. The summed E-state index contributed by atoms with van der Waals surface area (Å²) in [5.74, 6) is 0.436. The second-order valence-corrected chi connectivity index (χ2v) is 6.03. The number of fused-ring (bicyclic) bond motifs is 1. The highest BCUT2D eigenvalue weighted by Crippen LogP contribution is 2.26. The molecule has 0 saturated heterocycles. The summed E-state index contributed by atoms with van der Waals surface area (Å²) in [6.45, 7) is 2.27. The van der Waals surface area contributed by atoms with Crippen LogP contribution >= 0.6 is 11.5 Å². The van der Waals surface area contributed by atoms with Crippen molar-refractivity contribution in [3.8, 4) is 11.9 Å². The van der Waals surface area contributed by atoms with Gasteiger partial charge in [-0.2, -0.15) is 5.26 Å². The van der Waals surface area contributed by atoms with Gasteiger partial charge in [0.15, 0.2) is 0 Å². The summed E-state index contributed by atoms with van der Waals surface area (Å²) in [6.07, 6.45) is 5.53. The zero-order chi connectivity index (χ0) is 14.7. The van der Waals surface area contributed by atoms with Gasteiger partial charge in [-0.3, -0.25) is 0 Å². The van der Waals surface area contributed by atoms with Crippen LogP contribution in [-0.4, -0.2) is 14.6 Å². The molecule has 0 saturated carbocycles. The summed E-state index contributed by atoms with van der Waals surface area (Å²) in [4.78, 5) is 5.56. The molecule has 0 aliphatic heterocycles. The molecular formula is C15H16N4OS. The van der Waals surface area contributed by atoms with Gasteiger partial charge < -0.3 is 4.74 Å². The van der Waals surface area contributed by atoms with Crippen LogP contribution in [-0.2, 0) is 19.4 Å². The standard InChI is InChI=1S/C15H16N4OS/c1-10-14(21-19-18-10)9-20-15-12(8-16)7-11-5-3-2-4-6-13(11)17-15/h7H,2-6,9H2,1H3. The molecular weight excluding hydrogens is 284 g/mol. The van der Waals surface area contributed by atoms with Gasteiger partial charge in [0.25, 0.3) is 0 Å². The molecule has 0 unspecified atom stereocenters. The maximum atomic E-state index is 9.31. The molecule has 2 aromatic rings. The second kappa shape index (κ2) is 6.19. The number of nitriles is 1. The van der Waals surface area contributed by atoms with Crippen molar-refractivity contribution in [2.24, 2.45) is 0 Å². The number of nitrogens with zero attached hydrogens (tertiary/aromatic N) is 4. The molecule has 0 bridgehead atoms. The Labute approximate surface area is 127 Å². The Hall–Kier alpha value is -2.00. The van der Waals surface area contributed by atoms with E-state index >= 15 is 0 Å². The number of aryl methyl sites for hydroxylation is 3. The van der Waals surface area contributed by atoms with Crippen molar-refractivity contribution in [2.45, 2.75) is 45.6 Å². The van der Waals surface area contributed by atoms with Gasteiger partial charge in [-0.05, 0) is 55.8 Å². The lowest BCUT2D eigenvalue weighted by atomic mass is 10.1. The van der Waals surface area contributed by atoms with Gasteiger partial charge in [-0.1, -0.05) is 10.9 Å². The summed E-state index contributed by atoms with van der Waals surface area (Å²) in [5, 5.41) is 13.3. The summed E-state index contributed by atoms with van der Waals surface area (Å²) in [7, 11) is 0. The lowest BCUT2D eigenvalue weighted by Crippen LogP contribution is -2.04. The number of aromatic nitrogens is 3. The van der Waals surface area contributed by atoms with E-state index in [1.165, 1.54) is 29.9 Å². The van der Waals surface area contributed by atoms with Crippen LogP contribution in [0.4, 0.5) is 0 Å². The maximum absolute atomic E-state index is 9.31. The first kappa shape index (κ1) is 14.0. The number of ether oxygens (including phenoxy) is 1. The van der Waals surface area contributed by atoms with Crippen LogP contribution in [0.3, 0.4) is 0 Å². The molecule has 5 nitrogen and oxygen atoms in total. The van der Waals surface area contributed by atoms with Gasteiger partial charge in [0.2, 0.25) is 5.88 Å². The third-order valence-electron chi connectivity index (χ3n) is 3.72.